The monoisotopic (exact) mass is 461 g/mol. The fourth-order valence-electron chi connectivity index (χ4n) is 3.08. The molecule has 0 aliphatic heterocycles. The molecule has 1 aliphatic carbocycles. The highest BCUT2D eigenvalue weighted by molar-refractivity contribution is 6.30. The number of aromatic nitrogens is 2. The molecule has 1 aliphatic rings. The van der Waals surface area contributed by atoms with Crippen LogP contribution in [0.5, 0.6) is 5.75 Å². The molecule has 6 nitrogen and oxygen atoms in total. The Balaban J connectivity index is 1.36. The van der Waals surface area contributed by atoms with E-state index in [0.717, 1.165) is 6.07 Å². The predicted molar refractivity (Wildman–Crippen MR) is 104 cm³/mol. The third-order valence-electron chi connectivity index (χ3n) is 4.72. The first-order valence-electron chi connectivity index (χ1n) is 9.41. The van der Waals surface area contributed by atoms with Crippen LogP contribution in [0.1, 0.15) is 30.9 Å². The number of carbonyl (C=O) groups excluding carboxylic acids is 1. The van der Waals surface area contributed by atoms with Gasteiger partial charge in [-0.05, 0) is 25.0 Å². The molecule has 168 valence electrons. The predicted octanol–water partition coefficient (Wildman–Crippen LogP) is 4.56. The van der Waals surface area contributed by atoms with Gasteiger partial charge in [0, 0.05) is 36.8 Å². The van der Waals surface area contributed by atoms with E-state index in [9.17, 15) is 22.4 Å². The van der Waals surface area contributed by atoms with E-state index in [1.54, 1.807) is 17.1 Å². The van der Waals surface area contributed by atoms with Crippen molar-refractivity contribution in [2.75, 3.05) is 6.61 Å². The summed E-state index contributed by atoms with van der Waals surface area (Å²) in [6.45, 7) is 3.94. The minimum Gasteiger partial charge on any atom is -0.484 e. The van der Waals surface area contributed by atoms with Crippen LogP contribution in [0.2, 0.25) is 5.02 Å². The van der Waals surface area contributed by atoms with E-state index < -0.39 is 24.2 Å². The van der Waals surface area contributed by atoms with Crippen molar-refractivity contribution in [3.8, 4) is 5.75 Å². The third kappa shape index (κ3) is 6.96. The lowest BCUT2D eigenvalue weighted by molar-refractivity contribution is -0.351. The summed E-state index contributed by atoms with van der Waals surface area (Å²) in [6, 6.07) is 3.86. The molecule has 1 saturated carbocycles. The summed E-state index contributed by atoms with van der Waals surface area (Å²) < 4.78 is 60.9. The minimum atomic E-state index is -4.62. The van der Waals surface area contributed by atoms with Crippen molar-refractivity contribution in [2.24, 2.45) is 0 Å². The summed E-state index contributed by atoms with van der Waals surface area (Å²) in [5, 5.41) is 2.55. The number of nitrogens with one attached hydrogen (secondary N) is 1. The number of hydrogen-bond acceptors (Lipinski definition) is 4. The maximum atomic E-state index is 13.4. The molecule has 1 fully saturated rings. The molecule has 0 atom stereocenters. The molecule has 0 radical (unpaired) electrons. The largest absolute Gasteiger partial charge is 0.522 e. The Morgan fingerprint density at radius 1 is 1.35 bits per heavy atom. The quantitative estimate of drug-likeness (QED) is 0.556. The highest BCUT2D eigenvalue weighted by atomic mass is 35.5. The van der Waals surface area contributed by atoms with Crippen LogP contribution in [-0.2, 0) is 16.1 Å². The Kier molecular flexibility index (Phi) is 7.22. The zero-order valence-electron chi connectivity index (χ0n) is 16.3. The Bertz CT molecular complexity index is 942. The van der Waals surface area contributed by atoms with Gasteiger partial charge < -0.3 is 14.6 Å². The van der Waals surface area contributed by atoms with Gasteiger partial charge in [-0.25, -0.2) is 9.37 Å². The van der Waals surface area contributed by atoms with Gasteiger partial charge in [-0.3, -0.25) is 9.53 Å². The number of carbonyl (C=O) groups is 1. The second kappa shape index (κ2) is 9.69. The van der Waals surface area contributed by atoms with Gasteiger partial charge in [0.1, 0.15) is 11.6 Å². The van der Waals surface area contributed by atoms with Crippen LogP contribution in [0.4, 0.5) is 17.6 Å². The first-order chi connectivity index (χ1) is 14.6. The topological polar surface area (TPSA) is 65.4 Å². The Morgan fingerprint density at radius 2 is 2.10 bits per heavy atom. The Hall–Kier alpha value is -2.59. The SMILES string of the molecule is C=C(CCn1cnc(C2CC(OC(F)(F)F)C2)c1)NC(=O)COc1ccc(Cl)c(F)c1. The lowest BCUT2D eigenvalue weighted by Crippen LogP contribution is -2.34. The van der Waals surface area contributed by atoms with Gasteiger partial charge in [-0.15, -0.1) is 13.2 Å². The van der Waals surface area contributed by atoms with Crippen molar-refractivity contribution in [1.29, 1.82) is 0 Å². The zero-order valence-corrected chi connectivity index (χ0v) is 17.0. The molecule has 0 saturated heterocycles. The maximum absolute atomic E-state index is 13.4. The molecule has 11 heteroatoms. The number of hydrogen-bond donors (Lipinski definition) is 1. The third-order valence-corrected chi connectivity index (χ3v) is 5.02. The number of benzene rings is 1. The smallest absolute Gasteiger partial charge is 0.484 e. The Morgan fingerprint density at radius 3 is 2.77 bits per heavy atom. The van der Waals surface area contributed by atoms with Gasteiger partial charge in [0.25, 0.3) is 5.91 Å². The summed E-state index contributed by atoms with van der Waals surface area (Å²) in [7, 11) is 0. The van der Waals surface area contributed by atoms with Gasteiger partial charge >= 0.3 is 6.36 Å². The number of alkyl halides is 3. The van der Waals surface area contributed by atoms with E-state index in [1.165, 1.54) is 12.1 Å². The number of amides is 1. The molecule has 0 spiro atoms. The van der Waals surface area contributed by atoms with Crippen molar-refractivity contribution in [1.82, 2.24) is 14.9 Å². The first kappa shape index (κ1) is 23.1. The van der Waals surface area contributed by atoms with Gasteiger partial charge in [0.05, 0.1) is 23.1 Å². The summed E-state index contributed by atoms with van der Waals surface area (Å²) >= 11 is 5.58. The van der Waals surface area contributed by atoms with Gasteiger partial charge in [-0.1, -0.05) is 18.2 Å². The summed E-state index contributed by atoms with van der Waals surface area (Å²) in [6.07, 6.45) is -1.12. The van der Waals surface area contributed by atoms with Gasteiger partial charge in [-0.2, -0.15) is 0 Å². The molecule has 1 aromatic heterocycles. The fourth-order valence-corrected chi connectivity index (χ4v) is 3.20. The molecule has 0 bridgehead atoms. The van der Waals surface area contributed by atoms with Crippen molar-refractivity contribution >= 4 is 17.5 Å². The van der Waals surface area contributed by atoms with Gasteiger partial charge in [0.15, 0.2) is 6.61 Å². The lowest BCUT2D eigenvalue weighted by Gasteiger charge is -2.34. The van der Waals surface area contributed by atoms with Crippen LogP contribution in [-0.4, -0.2) is 34.5 Å². The molecule has 1 heterocycles. The van der Waals surface area contributed by atoms with E-state index in [4.69, 9.17) is 16.3 Å². The van der Waals surface area contributed by atoms with Crippen LogP contribution in [0.3, 0.4) is 0 Å². The minimum absolute atomic E-state index is 0.0420. The highest BCUT2D eigenvalue weighted by Crippen LogP contribution is 2.40. The number of rotatable bonds is 9. The van der Waals surface area contributed by atoms with Crippen LogP contribution >= 0.6 is 11.6 Å². The molecular formula is C20H20ClF4N3O3. The van der Waals surface area contributed by atoms with Crippen molar-refractivity contribution in [3.63, 3.8) is 0 Å². The fraction of sp³-hybridized carbons (Fsp3) is 0.400. The Labute approximate surface area is 180 Å². The number of aryl methyl sites for hydroxylation is 1. The second-order valence-corrected chi connectivity index (χ2v) is 7.56. The molecular weight excluding hydrogens is 442 g/mol. The molecule has 31 heavy (non-hydrogen) atoms. The van der Waals surface area contributed by atoms with Crippen LogP contribution < -0.4 is 10.1 Å². The molecule has 2 aromatic rings. The molecule has 1 aromatic carbocycles. The normalized spacial score (nSPS) is 18.4. The number of nitrogens with zero attached hydrogens (tertiary/aromatic N) is 2. The number of ether oxygens (including phenoxy) is 2. The molecule has 1 N–H and O–H groups in total. The summed E-state index contributed by atoms with van der Waals surface area (Å²) in [5.41, 5.74) is 1.16. The maximum Gasteiger partial charge on any atom is 0.522 e. The van der Waals surface area contributed by atoms with Crippen molar-refractivity contribution in [3.05, 3.63) is 59.5 Å². The average Bonchev–Trinajstić information content (AvgIpc) is 3.11. The number of allylic oxidation sites excluding steroid dienone is 1. The standard InChI is InChI=1S/C20H20ClF4N3O3/c1-12(27-19(29)10-30-14-2-3-16(21)17(22)8-14)4-5-28-9-18(26-11-28)13-6-15(7-13)31-20(23,24)25/h2-3,8-9,11,13,15H,1,4-7,10H2,(H,27,29). The van der Waals surface area contributed by atoms with E-state index >= 15 is 0 Å². The second-order valence-electron chi connectivity index (χ2n) is 7.16. The average molecular weight is 462 g/mol. The van der Waals surface area contributed by atoms with Crippen molar-refractivity contribution in [2.45, 2.75) is 44.2 Å². The van der Waals surface area contributed by atoms with Crippen LogP contribution in [0, 0.1) is 5.82 Å². The summed E-state index contributed by atoms with van der Waals surface area (Å²) in [5.74, 6) is -0.982. The van der Waals surface area contributed by atoms with Gasteiger partial charge in [0.2, 0.25) is 0 Å². The number of halogens is 5. The molecule has 1 amide bonds. The van der Waals surface area contributed by atoms with E-state index in [2.05, 4.69) is 21.6 Å². The first-order valence-corrected chi connectivity index (χ1v) is 9.78. The van der Waals surface area contributed by atoms with Crippen LogP contribution in [0.25, 0.3) is 0 Å². The van der Waals surface area contributed by atoms with E-state index in [1.807, 2.05) is 0 Å². The van der Waals surface area contributed by atoms with Crippen LogP contribution in [0.15, 0.2) is 43.0 Å². The highest BCUT2D eigenvalue weighted by Gasteiger charge is 2.41. The summed E-state index contributed by atoms with van der Waals surface area (Å²) in [4.78, 5) is 16.2. The zero-order chi connectivity index (χ0) is 22.6. The van der Waals surface area contributed by atoms with Crippen molar-refractivity contribution < 1.29 is 31.8 Å². The molecule has 3 rings (SSSR count). The van der Waals surface area contributed by atoms with E-state index in [0.29, 0.717) is 24.4 Å². The molecule has 0 unspecified atom stereocenters. The lowest BCUT2D eigenvalue weighted by atomic mass is 9.80. The number of imidazole rings is 1. The van der Waals surface area contributed by atoms with E-state index in [-0.39, 0.29) is 36.1 Å².